The maximum atomic E-state index is 14.2. The number of esters is 1. The van der Waals surface area contributed by atoms with Crippen LogP contribution in [0.2, 0.25) is 0 Å². The molecule has 0 saturated carbocycles. The molecule has 6 atom stereocenters. The van der Waals surface area contributed by atoms with Crippen LogP contribution < -0.4 is 9.64 Å². The van der Waals surface area contributed by atoms with Crippen molar-refractivity contribution in [3.05, 3.63) is 48.6 Å². The van der Waals surface area contributed by atoms with Crippen LogP contribution >= 0.6 is 11.8 Å². The highest BCUT2D eigenvalue weighted by Crippen LogP contribution is 2.61. The Morgan fingerprint density at radius 3 is 2.68 bits per heavy atom. The van der Waals surface area contributed by atoms with Gasteiger partial charge >= 0.3 is 5.97 Å². The number of aliphatic hydroxyl groups excluding tert-OH is 1. The van der Waals surface area contributed by atoms with Crippen molar-refractivity contribution in [2.45, 2.75) is 35.4 Å². The minimum Gasteiger partial charge on any atom is -0.497 e. The predicted octanol–water partition coefficient (Wildman–Crippen LogP) is 1.78. The first-order chi connectivity index (χ1) is 16.4. The Morgan fingerprint density at radius 1 is 1.21 bits per heavy atom. The molecule has 9 heteroatoms. The van der Waals surface area contributed by atoms with Gasteiger partial charge in [-0.15, -0.1) is 11.8 Å². The van der Waals surface area contributed by atoms with Crippen molar-refractivity contribution >= 4 is 35.2 Å². The second-order valence-corrected chi connectivity index (χ2v) is 10.5. The largest absolute Gasteiger partial charge is 0.497 e. The summed E-state index contributed by atoms with van der Waals surface area (Å²) in [7, 11) is 1.58. The number of fused-ring (bicyclic) bond motifs is 2. The molecule has 0 bridgehead atoms. The van der Waals surface area contributed by atoms with E-state index in [2.05, 4.69) is 0 Å². The van der Waals surface area contributed by atoms with Crippen LogP contribution in [0.4, 0.5) is 5.69 Å². The van der Waals surface area contributed by atoms with E-state index in [1.165, 1.54) is 16.7 Å². The molecule has 4 aliphatic rings. The summed E-state index contributed by atoms with van der Waals surface area (Å²) in [5.41, 5.74) is 0.688. The lowest BCUT2D eigenvalue weighted by molar-refractivity contribution is -0.153. The number of amides is 2. The fourth-order valence-electron chi connectivity index (χ4n) is 5.60. The number of methoxy groups -OCH3 is 1. The van der Waals surface area contributed by atoms with Crippen LogP contribution in [0.15, 0.2) is 48.6 Å². The zero-order valence-corrected chi connectivity index (χ0v) is 19.9. The summed E-state index contributed by atoms with van der Waals surface area (Å²) >= 11 is 1.49. The Balaban J connectivity index is 1.61. The number of nitrogens with zero attached hydrogens (tertiary/aromatic N) is 2. The van der Waals surface area contributed by atoms with E-state index in [4.69, 9.17) is 9.47 Å². The van der Waals surface area contributed by atoms with Gasteiger partial charge in [0.1, 0.15) is 11.8 Å². The van der Waals surface area contributed by atoms with Crippen LogP contribution in [0.5, 0.6) is 5.75 Å². The molecular formula is C25H28N2O6S. The molecule has 180 valence electrons. The van der Waals surface area contributed by atoms with Crippen molar-refractivity contribution in [3.63, 3.8) is 0 Å². The van der Waals surface area contributed by atoms with Gasteiger partial charge in [-0.1, -0.05) is 24.3 Å². The molecule has 0 radical (unpaired) electrons. The number of carbonyl (C=O) groups is 3. The van der Waals surface area contributed by atoms with Gasteiger partial charge in [0.05, 0.1) is 42.9 Å². The van der Waals surface area contributed by atoms with Crippen molar-refractivity contribution in [1.82, 2.24) is 4.90 Å². The van der Waals surface area contributed by atoms with E-state index in [9.17, 15) is 19.5 Å². The molecule has 1 N–H and O–H groups in total. The number of rotatable bonds is 4. The van der Waals surface area contributed by atoms with Gasteiger partial charge in [-0.25, -0.2) is 0 Å². The SMILES string of the molecule is COc1ccc(N2CC=C[C@]34S[C@H]5C=CCCOC(=O)[C@H]5[C@H]3C(=O)N([C@H](C)CO)C4C2=O)cc1. The average Bonchev–Trinajstić information content (AvgIpc) is 3.22. The number of carbonyl (C=O) groups excluding carboxylic acids is 3. The molecular weight excluding hydrogens is 456 g/mol. The molecule has 4 heterocycles. The topological polar surface area (TPSA) is 96.4 Å². The monoisotopic (exact) mass is 484 g/mol. The summed E-state index contributed by atoms with van der Waals surface area (Å²) in [6.07, 6.45) is 8.45. The van der Waals surface area contributed by atoms with E-state index >= 15 is 0 Å². The van der Waals surface area contributed by atoms with E-state index in [1.54, 1.807) is 31.1 Å². The van der Waals surface area contributed by atoms with Crippen LogP contribution in [0.25, 0.3) is 0 Å². The molecule has 0 aliphatic carbocycles. The standard InChI is InChI=1S/C25H28N2O6S/c1-15(14-28)27-21-23(30)26(16-7-9-17(32-2)10-8-16)12-5-11-25(21)20(22(27)29)19-18(34-25)6-3-4-13-33-24(19)31/h3,5-11,15,18-21,28H,4,12-14H2,1-2H3/t15-,18+,19-,20+,21?,25+/m1/s1. The zero-order chi connectivity index (χ0) is 24.0. The molecule has 1 aromatic rings. The number of ether oxygens (including phenoxy) is 2. The fourth-order valence-corrected chi connectivity index (χ4v) is 7.59. The van der Waals surface area contributed by atoms with Gasteiger partial charge in [0.25, 0.3) is 5.91 Å². The first-order valence-corrected chi connectivity index (χ1v) is 12.4. The highest BCUT2D eigenvalue weighted by atomic mass is 32.2. The number of hydrogen-bond donors (Lipinski definition) is 1. The van der Waals surface area contributed by atoms with E-state index in [0.717, 1.165) is 0 Å². The Bertz CT molecular complexity index is 1060. The molecule has 4 aliphatic heterocycles. The zero-order valence-electron chi connectivity index (χ0n) is 19.1. The first-order valence-electron chi connectivity index (χ1n) is 11.5. The van der Waals surface area contributed by atoms with Gasteiger partial charge in [-0.05, 0) is 37.6 Å². The average molecular weight is 485 g/mol. The lowest BCUT2D eigenvalue weighted by atomic mass is 9.78. The summed E-state index contributed by atoms with van der Waals surface area (Å²) in [4.78, 5) is 44.2. The van der Waals surface area contributed by atoms with Crippen molar-refractivity contribution in [1.29, 1.82) is 0 Å². The number of anilines is 1. The number of likely N-dealkylation sites (tertiary alicyclic amines) is 1. The summed E-state index contributed by atoms with van der Waals surface area (Å²) in [5.74, 6) is -1.66. The Hall–Kier alpha value is -2.78. The third-order valence-corrected chi connectivity index (χ3v) is 8.93. The van der Waals surface area contributed by atoms with Crippen LogP contribution in [-0.2, 0) is 19.1 Å². The molecule has 2 fully saturated rings. The van der Waals surface area contributed by atoms with E-state index in [1.807, 2.05) is 36.4 Å². The predicted molar refractivity (Wildman–Crippen MR) is 127 cm³/mol. The summed E-state index contributed by atoms with van der Waals surface area (Å²) in [6, 6.07) is 5.77. The van der Waals surface area contributed by atoms with Gasteiger partial charge in [0, 0.05) is 17.5 Å². The molecule has 0 aromatic heterocycles. The summed E-state index contributed by atoms with van der Waals surface area (Å²) < 4.78 is 9.78. The molecule has 1 unspecified atom stereocenters. The van der Waals surface area contributed by atoms with Crippen LogP contribution in [0, 0.1) is 11.8 Å². The van der Waals surface area contributed by atoms with Gasteiger partial charge in [-0.2, -0.15) is 0 Å². The molecule has 34 heavy (non-hydrogen) atoms. The third-order valence-electron chi connectivity index (χ3n) is 7.18. The van der Waals surface area contributed by atoms with Crippen molar-refractivity contribution in [2.24, 2.45) is 11.8 Å². The molecule has 8 nitrogen and oxygen atoms in total. The molecule has 1 aromatic carbocycles. The number of thioether (sulfide) groups is 1. The minimum atomic E-state index is -0.929. The third kappa shape index (κ3) is 3.36. The highest BCUT2D eigenvalue weighted by Gasteiger charge is 2.71. The van der Waals surface area contributed by atoms with Crippen molar-refractivity contribution < 1.29 is 29.0 Å². The maximum Gasteiger partial charge on any atom is 0.311 e. The van der Waals surface area contributed by atoms with Gasteiger partial charge in [-0.3, -0.25) is 14.4 Å². The van der Waals surface area contributed by atoms with Gasteiger partial charge < -0.3 is 24.4 Å². The van der Waals surface area contributed by atoms with E-state index < -0.39 is 34.6 Å². The molecule has 1 spiro atoms. The highest BCUT2D eigenvalue weighted by molar-refractivity contribution is 8.02. The second kappa shape index (κ2) is 8.78. The van der Waals surface area contributed by atoms with Crippen molar-refractivity contribution in [3.8, 4) is 5.75 Å². The van der Waals surface area contributed by atoms with Crippen LogP contribution in [0.3, 0.4) is 0 Å². The number of benzene rings is 1. The summed E-state index contributed by atoms with van der Waals surface area (Å²) in [6.45, 7) is 2.05. The first kappa shape index (κ1) is 23.0. The lowest BCUT2D eigenvalue weighted by Crippen LogP contribution is -2.56. The molecule has 2 amide bonds. The molecule has 5 rings (SSSR count). The van der Waals surface area contributed by atoms with E-state index in [-0.39, 0.29) is 30.3 Å². The number of hydrogen-bond acceptors (Lipinski definition) is 7. The van der Waals surface area contributed by atoms with Gasteiger partial charge in [0.2, 0.25) is 5.91 Å². The number of cyclic esters (lactones) is 1. The number of aliphatic hydroxyl groups is 1. The van der Waals surface area contributed by atoms with E-state index in [0.29, 0.717) is 24.4 Å². The van der Waals surface area contributed by atoms with Crippen LogP contribution in [-0.4, -0.2) is 76.7 Å². The summed E-state index contributed by atoms with van der Waals surface area (Å²) in [5, 5.41) is 9.70. The minimum absolute atomic E-state index is 0.231. The van der Waals surface area contributed by atoms with Gasteiger partial charge in [0.15, 0.2) is 0 Å². The Kier molecular flexibility index (Phi) is 5.93. The quantitative estimate of drug-likeness (QED) is 0.514. The van der Waals surface area contributed by atoms with Crippen LogP contribution in [0.1, 0.15) is 13.3 Å². The Morgan fingerprint density at radius 2 is 1.97 bits per heavy atom. The molecule has 2 saturated heterocycles. The Labute approximate surface area is 202 Å². The lowest BCUT2D eigenvalue weighted by Gasteiger charge is -2.37. The smallest absolute Gasteiger partial charge is 0.311 e. The van der Waals surface area contributed by atoms with Crippen molar-refractivity contribution in [2.75, 3.05) is 31.8 Å². The fraction of sp³-hybridized carbons (Fsp3) is 0.480. The maximum absolute atomic E-state index is 14.2. The second-order valence-electron chi connectivity index (χ2n) is 9.05. The normalized spacial score (nSPS) is 33.4.